The number of rotatable bonds is 5. The van der Waals surface area contributed by atoms with Crippen molar-refractivity contribution in [3.63, 3.8) is 0 Å². The number of nitro benzene ring substituents is 1. The number of anilines is 1. The number of carbonyl (C=O) groups is 1. The first-order valence-electron chi connectivity index (χ1n) is 6.74. The van der Waals surface area contributed by atoms with Gasteiger partial charge in [-0.25, -0.2) is 0 Å². The molecule has 0 saturated carbocycles. The number of carbonyl (C=O) groups excluding carboxylic acids is 1. The van der Waals surface area contributed by atoms with E-state index in [-0.39, 0.29) is 17.0 Å². The highest BCUT2D eigenvalue weighted by Crippen LogP contribution is 2.38. The summed E-state index contributed by atoms with van der Waals surface area (Å²) in [4.78, 5) is 22.5. The number of nitrogens with one attached hydrogen (secondary N) is 1. The number of nitro groups is 1. The predicted octanol–water partition coefficient (Wildman–Crippen LogP) is 4.01. The summed E-state index contributed by atoms with van der Waals surface area (Å²) in [7, 11) is 0. The third kappa shape index (κ3) is 4.73. The first kappa shape index (κ1) is 17.4. The van der Waals surface area contributed by atoms with Crippen molar-refractivity contribution in [2.45, 2.75) is 42.5 Å². The zero-order chi connectivity index (χ0) is 17.2. The fourth-order valence-corrected chi connectivity index (χ4v) is 3.68. The molecule has 0 aliphatic heterocycles. The lowest BCUT2D eigenvalue weighted by Gasteiger charge is -2.18. The highest BCUT2D eigenvalue weighted by molar-refractivity contribution is 8.01. The maximum atomic E-state index is 11.4. The van der Waals surface area contributed by atoms with E-state index in [4.69, 9.17) is 0 Å². The Morgan fingerprint density at radius 3 is 2.61 bits per heavy atom. The van der Waals surface area contributed by atoms with Crippen LogP contribution in [0.5, 0.6) is 0 Å². The van der Waals surface area contributed by atoms with Crippen molar-refractivity contribution in [1.82, 2.24) is 10.2 Å². The summed E-state index contributed by atoms with van der Waals surface area (Å²) in [6.07, 6.45) is 0. The third-order valence-corrected chi connectivity index (χ3v) is 4.60. The van der Waals surface area contributed by atoms with Gasteiger partial charge in [-0.1, -0.05) is 11.3 Å². The van der Waals surface area contributed by atoms with Crippen LogP contribution >= 0.6 is 23.1 Å². The minimum absolute atomic E-state index is 0.108. The summed E-state index contributed by atoms with van der Waals surface area (Å²) in [6, 6.07) is 4.44. The molecule has 0 fully saturated rings. The number of hydrogen-bond donors (Lipinski definition) is 1. The van der Waals surface area contributed by atoms with Crippen LogP contribution in [0.15, 0.2) is 27.4 Å². The van der Waals surface area contributed by atoms with Gasteiger partial charge in [0.05, 0.1) is 9.82 Å². The number of benzene rings is 1. The zero-order valence-electron chi connectivity index (χ0n) is 13.1. The maximum absolute atomic E-state index is 11.4. The normalized spacial score (nSPS) is 11.3. The molecule has 0 unspecified atom stereocenters. The smallest absolute Gasteiger partial charge is 0.284 e. The van der Waals surface area contributed by atoms with E-state index in [1.54, 1.807) is 12.1 Å². The van der Waals surface area contributed by atoms with Gasteiger partial charge in [0.25, 0.3) is 5.69 Å². The van der Waals surface area contributed by atoms with Crippen LogP contribution in [0, 0.1) is 10.1 Å². The number of hydrogen-bond acceptors (Lipinski definition) is 8. The molecule has 0 amide bonds. The number of aromatic nitrogens is 2. The van der Waals surface area contributed by atoms with Gasteiger partial charge < -0.3 is 5.32 Å². The van der Waals surface area contributed by atoms with Crippen LogP contribution in [-0.2, 0) is 0 Å². The lowest BCUT2D eigenvalue weighted by Crippen LogP contribution is -2.25. The molecule has 7 nitrogen and oxygen atoms in total. The van der Waals surface area contributed by atoms with Gasteiger partial charge in [0, 0.05) is 17.2 Å². The molecule has 0 bridgehead atoms. The summed E-state index contributed by atoms with van der Waals surface area (Å²) >= 11 is 2.49. The lowest BCUT2D eigenvalue weighted by molar-refractivity contribution is -0.387. The third-order valence-electron chi connectivity index (χ3n) is 2.65. The van der Waals surface area contributed by atoms with Crippen LogP contribution in [-0.4, -0.2) is 26.4 Å². The molecule has 0 aliphatic rings. The van der Waals surface area contributed by atoms with Gasteiger partial charge in [-0.15, -0.1) is 10.2 Å². The van der Waals surface area contributed by atoms with Gasteiger partial charge in [0.2, 0.25) is 5.13 Å². The van der Waals surface area contributed by atoms with Gasteiger partial charge in [-0.05, 0) is 51.6 Å². The summed E-state index contributed by atoms with van der Waals surface area (Å²) < 4.78 is 0.593. The molecule has 1 aromatic carbocycles. The summed E-state index contributed by atoms with van der Waals surface area (Å²) in [5, 5.41) is 23.1. The maximum Gasteiger partial charge on any atom is 0.284 e. The SMILES string of the molecule is CC(=O)c1ccc(Sc2nnc(NC(C)(C)C)s2)c([N+](=O)[O-])c1. The largest absolute Gasteiger partial charge is 0.355 e. The van der Waals surface area contributed by atoms with Gasteiger partial charge in [-0.2, -0.15) is 0 Å². The first-order valence-corrected chi connectivity index (χ1v) is 8.38. The molecule has 1 aromatic heterocycles. The second-order valence-corrected chi connectivity index (χ2v) is 8.11. The van der Waals surface area contributed by atoms with Gasteiger partial charge in [0.15, 0.2) is 10.1 Å². The molecule has 0 saturated heterocycles. The molecule has 0 spiro atoms. The molecular formula is C14H16N4O3S2. The number of Topliss-reactive ketones (excluding diaryl/α,β-unsaturated/α-hetero) is 1. The Morgan fingerprint density at radius 2 is 2.04 bits per heavy atom. The van der Waals surface area contributed by atoms with E-state index in [2.05, 4.69) is 15.5 Å². The van der Waals surface area contributed by atoms with Gasteiger partial charge >= 0.3 is 0 Å². The Bertz CT molecular complexity index is 753. The quantitative estimate of drug-likeness (QED) is 0.493. The monoisotopic (exact) mass is 352 g/mol. The van der Waals surface area contributed by atoms with Crippen LogP contribution in [0.25, 0.3) is 0 Å². The molecule has 1 N–H and O–H groups in total. The standard InChI is InChI=1S/C14H16N4O3S2/c1-8(19)9-5-6-11(10(7-9)18(20)21)22-13-17-16-12(23-13)15-14(2,3)4/h5-7H,1-4H3,(H,15,16). The highest BCUT2D eigenvalue weighted by Gasteiger charge is 2.19. The van der Waals surface area contributed by atoms with E-state index in [0.717, 1.165) is 11.8 Å². The predicted molar refractivity (Wildman–Crippen MR) is 90.5 cm³/mol. The van der Waals surface area contributed by atoms with E-state index < -0.39 is 4.92 Å². The van der Waals surface area contributed by atoms with Gasteiger partial charge in [-0.3, -0.25) is 14.9 Å². The average molecular weight is 352 g/mol. The van der Waals surface area contributed by atoms with Crippen molar-refractivity contribution >= 4 is 39.7 Å². The Hall–Kier alpha value is -2.00. The van der Waals surface area contributed by atoms with E-state index in [1.807, 2.05) is 20.8 Å². The average Bonchev–Trinajstić information content (AvgIpc) is 2.83. The Kier molecular flexibility index (Phi) is 5.00. The topological polar surface area (TPSA) is 98.0 Å². The Morgan fingerprint density at radius 1 is 1.35 bits per heavy atom. The van der Waals surface area contributed by atoms with Crippen molar-refractivity contribution in [1.29, 1.82) is 0 Å². The van der Waals surface area contributed by atoms with Crippen molar-refractivity contribution in [2.75, 3.05) is 5.32 Å². The molecule has 9 heteroatoms. The molecule has 0 aliphatic carbocycles. The molecule has 122 valence electrons. The molecular weight excluding hydrogens is 336 g/mol. The molecule has 0 atom stereocenters. The van der Waals surface area contributed by atoms with Crippen molar-refractivity contribution in [3.8, 4) is 0 Å². The van der Waals surface area contributed by atoms with Crippen molar-refractivity contribution in [3.05, 3.63) is 33.9 Å². The second kappa shape index (κ2) is 6.63. The van der Waals surface area contributed by atoms with E-state index in [9.17, 15) is 14.9 Å². The number of nitrogens with zero attached hydrogens (tertiary/aromatic N) is 3. The summed E-state index contributed by atoms with van der Waals surface area (Å²) in [5.41, 5.74) is 0.0630. The summed E-state index contributed by atoms with van der Waals surface area (Å²) in [6.45, 7) is 7.40. The lowest BCUT2D eigenvalue weighted by atomic mass is 10.1. The van der Waals surface area contributed by atoms with Crippen LogP contribution in [0.1, 0.15) is 38.1 Å². The van der Waals surface area contributed by atoms with Crippen LogP contribution in [0.4, 0.5) is 10.8 Å². The highest BCUT2D eigenvalue weighted by atomic mass is 32.2. The Labute approximate surface area is 141 Å². The van der Waals surface area contributed by atoms with E-state index in [1.165, 1.54) is 24.3 Å². The minimum atomic E-state index is -0.496. The molecule has 2 aromatic rings. The van der Waals surface area contributed by atoms with Crippen molar-refractivity contribution in [2.24, 2.45) is 0 Å². The fourth-order valence-electron chi connectivity index (χ4n) is 1.68. The molecule has 0 radical (unpaired) electrons. The first-order chi connectivity index (χ1) is 10.7. The Balaban J connectivity index is 2.26. The van der Waals surface area contributed by atoms with Crippen LogP contribution in [0.3, 0.4) is 0 Å². The zero-order valence-corrected chi connectivity index (χ0v) is 14.7. The fraction of sp³-hybridized carbons (Fsp3) is 0.357. The second-order valence-electron chi connectivity index (χ2n) is 5.85. The molecule has 2 rings (SSSR count). The molecule has 23 heavy (non-hydrogen) atoms. The molecule has 1 heterocycles. The van der Waals surface area contributed by atoms with Crippen LogP contribution in [0.2, 0.25) is 0 Å². The van der Waals surface area contributed by atoms with Crippen molar-refractivity contribution < 1.29 is 9.72 Å². The van der Waals surface area contributed by atoms with Gasteiger partial charge in [0.1, 0.15) is 0 Å². The van der Waals surface area contributed by atoms with Crippen LogP contribution < -0.4 is 5.32 Å². The number of ketones is 1. The summed E-state index contributed by atoms with van der Waals surface area (Å²) in [5.74, 6) is -0.211. The minimum Gasteiger partial charge on any atom is -0.355 e. The van der Waals surface area contributed by atoms with E-state index >= 15 is 0 Å². The van der Waals surface area contributed by atoms with E-state index in [0.29, 0.717) is 19.9 Å².